The van der Waals surface area contributed by atoms with Crippen molar-refractivity contribution in [2.75, 3.05) is 13.2 Å². The number of fused-ring (bicyclic) bond motifs is 2. The van der Waals surface area contributed by atoms with Gasteiger partial charge in [-0.05, 0) is 30.5 Å². The molecule has 0 aliphatic heterocycles. The van der Waals surface area contributed by atoms with E-state index in [-0.39, 0.29) is 28.3 Å². The Bertz CT molecular complexity index is 811. The number of aliphatic hydroxyl groups is 2. The Kier molecular flexibility index (Phi) is 3.95. The maximum Gasteiger partial charge on any atom is 0.318 e. The second kappa shape index (κ2) is 5.81. The smallest absolute Gasteiger partial charge is 0.318 e. The Labute approximate surface area is 137 Å². The summed E-state index contributed by atoms with van der Waals surface area (Å²) in [5.74, 6) is -2.01. The summed E-state index contributed by atoms with van der Waals surface area (Å²) in [4.78, 5) is 36.8. The van der Waals surface area contributed by atoms with Crippen molar-refractivity contribution in [1.82, 2.24) is 0 Å². The van der Waals surface area contributed by atoms with E-state index in [1.54, 1.807) is 12.2 Å². The van der Waals surface area contributed by atoms with Gasteiger partial charge in [0.05, 0.1) is 13.2 Å². The molecule has 124 valence electrons. The van der Waals surface area contributed by atoms with E-state index in [0.29, 0.717) is 24.0 Å². The lowest BCUT2D eigenvalue weighted by Gasteiger charge is -2.28. The van der Waals surface area contributed by atoms with Gasteiger partial charge < -0.3 is 15.3 Å². The summed E-state index contributed by atoms with van der Waals surface area (Å²) in [6.45, 7) is -1.65. The summed E-state index contributed by atoms with van der Waals surface area (Å²) in [5, 5.41) is 28.4. The highest BCUT2D eigenvalue weighted by molar-refractivity contribution is 6.31. The molecule has 1 aromatic carbocycles. The average molecular weight is 328 g/mol. The highest BCUT2D eigenvalue weighted by Gasteiger charge is 2.41. The predicted octanol–water partition coefficient (Wildman–Crippen LogP) is 1.02. The van der Waals surface area contributed by atoms with Crippen LogP contribution in [0, 0.1) is 0 Å². The Hall–Kier alpha value is -2.57. The molecule has 0 radical (unpaired) electrons. The molecule has 0 saturated carbocycles. The number of Topliss-reactive ketones (excluding diaryl/α,β-unsaturated/α-hetero) is 2. The molecule has 2 aliphatic carbocycles. The molecule has 0 saturated heterocycles. The van der Waals surface area contributed by atoms with E-state index in [1.165, 1.54) is 18.2 Å². The molecule has 0 unspecified atom stereocenters. The third-order valence-corrected chi connectivity index (χ3v) is 4.65. The standard InChI is InChI=1S/C18H16O6/c19-8-18(9-20,17(23)24)10-5-6-13-14(7-10)16(22)12-4-2-1-3-11(12)15(13)21/h3-7,19-20H,1-2,8-9H2,(H,23,24). The number of aliphatic hydroxyl groups excluding tert-OH is 2. The summed E-state index contributed by atoms with van der Waals surface area (Å²) in [6, 6.07) is 4.05. The Morgan fingerprint density at radius 1 is 0.958 bits per heavy atom. The normalized spacial score (nSPS) is 16.9. The summed E-state index contributed by atoms with van der Waals surface area (Å²) in [5.41, 5.74) is -0.788. The van der Waals surface area contributed by atoms with Crippen LogP contribution >= 0.6 is 0 Å². The van der Waals surface area contributed by atoms with Crippen molar-refractivity contribution in [3.8, 4) is 0 Å². The molecular weight excluding hydrogens is 312 g/mol. The molecule has 0 aromatic heterocycles. The lowest BCUT2D eigenvalue weighted by molar-refractivity contribution is -0.147. The van der Waals surface area contributed by atoms with E-state index in [4.69, 9.17) is 0 Å². The maximum absolute atomic E-state index is 12.7. The van der Waals surface area contributed by atoms with Crippen LogP contribution in [-0.2, 0) is 10.2 Å². The fraction of sp³-hybridized carbons (Fsp3) is 0.278. The average Bonchev–Trinajstić information content (AvgIpc) is 2.61. The minimum Gasteiger partial charge on any atom is -0.480 e. The van der Waals surface area contributed by atoms with Crippen molar-refractivity contribution in [3.05, 3.63) is 58.2 Å². The van der Waals surface area contributed by atoms with E-state index in [0.717, 1.165) is 0 Å². The van der Waals surface area contributed by atoms with Crippen LogP contribution in [0.4, 0.5) is 0 Å². The number of benzene rings is 1. The zero-order chi connectivity index (χ0) is 17.5. The van der Waals surface area contributed by atoms with Crippen LogP contribution in [0.1, 0.15) is 39.1 Å². The Morgan fingerprint density at radius 2 is 1.50 bits per heavy atom. The summed E-state index contributed by atoms with van der Waals surface area (Å²) in [6.07, 6.45) is 4.82. The quantitative estimate of drug-likeness (QED) is 0.761. The van der Waals surface area contributed by atoms with Crippen LogP contribution in [0.3, 0.4) is 0 Å². The Morgan fingerprint density at radius 3 is 2.00 bits per heavy atom. The Balaban J connectivity index is 2.19. The number of ketones is 2. The van der Waals surface area contributed by atoms with Gasteiger partial charge in [-0.25, -0.2) is 0 Å². The number of hydrogen-bond donors (Lipinski definition) is 3. The van der Waals surface area contributed by atoms with Crippen LogP contribution in [0.25, 0.3) is 0 Å². The monoisotopic (exact) mass is 328 g/mol. The minimum absolute atomic E-state index is 0.0868. The first kappa shape index (κ1) is 16.3. The lowest BCUT2D eigenvalue weighted by Crippen LogP contribution is -2.43. The second-order valence-electron chi connectivity index (χ2n) is 5.94. The molecule has 0 bridgehead atoms. The highest BCUT2D eigenvalue weighted by atomic mass is 16.4. The van der Waals surface area contributed by atoms with Crippen LogP contribution in [0.5, 0.6) is 0 Å². The van der Waals surface area contributed by atoms with Crippen LogP contribution in [0.15, 0.2) is 41.5 Å². The van der Waals surface area contributed by atoms with Crippen molar-refractivity contribution < 1.29 is 29.7 Å². The molecule has 1 aromatic rings. The fourth-order valence-electron chi connectivity index (χ4n) is 3.11. The number of allylic oxidation sites excluding steroid dienone is 4. The maximum atomic E-state index is 12.7. The van der Waals surface area contributed by atoms with E-state index in [9.17, 15) is 29.7 Å². The SMILES string of the molecule is O=C1C2=CCCC=C2C(=O)c2cc(C(CO)(CO)C(=O)O)ccc21. The molecular formula is C18H16O6. The summed E-state index contributed by atoms with van der Waals surface area (Å²) < 4.78 is 0. The van der Waals surface area contributed by atoms with E-state index < -0.39 is 24.6 Å². The number of rotatable bonds is 4. The molecule has 6 heteroatoms. The number of carbonyl (C=O) groups excluding carboxylic acids is 2. The van der Waals surface area contributed by atoms with Gasteiger partial charge in [-0.15, -0.1) is 0 Å². The van der Waals surface area contributed by atoms with Crippen molar-refractivity contribution in [2.45, 2.75) is 18.3 Å². The lowest BCUT2D eigenvalue weighted by atomic mass is 9.75. The van der Waals surface area contributed by atoms with E-state index >= 15 is 0 Å². The number of aliphatic carboxylic acids is 1. The van der Waals surface area contributed by atoms with E-state index in [1.807, 2.05) is 0 Å². The first-order valence-corrected chi connectivity index (χ1v) is 7.56. The van der Waals surface area contributed by atoms with Gasteiger partial charge in [-0.2, -0.15) is 0 Å². The minimum atomic E-state index is -1.92. The summed E-state index contributed by atoms with van der Waals surface area (Å²) in [7, 11) is 0. The van der Waals surface area contributed by atoms with Gasteiger partial charge in [0.2, 0.25) is 0 Å². The van der Waals surface area contributed by atoms with Gasteiger partial charge in [-0.3, -0.25) is 14.4 Å². The van der Waals surface area contributed by atoms with Gasteiger partial charge in [0, 0.05) is 22.3 Å². The van der Waals surface area contributed by atoms with Gasteiger partial charge in [0.25, 0.3) is 0 Å². The first-order valence-electron chi connectivity index (χ1n) is 7.56. The molecule has 3 rings (SSSR count). The second-order valence-corrected chi connectivity index (χ2v) is 5.94. The van der Waals surface area contributed by atoms with Crippen molar-refractivity contribution in [3.63, 3.8) is 0 Å². The molecule has 0 fully saturated rings. The van der Waals surface area contributed by atoms with Gasteiger partial charge in [0.15, 0.2) is 11.6 Å². The van der Waals surface area contributed by atoms with Crippen LogP contribution in [0.2, 0.25) is 0 Å². The molecule has 6 nitrogen and oxygen atoms in total. The first-order chi connectivity index (χ1) is 11.5. The molecule has 24 heavy (non-hydrogen) atoms. The summed E-state index contributed by atoms with van der Waals surface area (Å²) >= 11 is 0. The molecule has 0 spiro atoms. The molecule has 0 atom stereocenters. The zero-order valence-electron chi connectivity index (χ0n) is 12.8. The third-order valence-electron chi connectivity index (χ3n) is 4.65. The molecule has 2 aliphatic rings. The third kappa shape index (κ3) is 2.15. The van der Waals surface area contributed by atoms with Crippen molar-refractivity contribution in [2.24, 2.45) is 0 Å². The topological polar surface area (TPSA) is 112 Å². The van der Waals surface area contributed by atoms with Gasteiger partial charge in [0.1, 0.15) is 5.41 Å². The number of carboxylic acid groups (broad SMARTS) is 1. The van der Waals surface area contributed by atoms with Crippen molar-refractivity contribution in [1.29, 1.82) is 0 Å². The van der Waals surface area contributed by atoms with Crippen LogP contribution in [-0.4, -0.2) is 46.1 Å². The number of hydrogen-bond acceptors (Lipinski definition) is 5. The number of carbonyl (C=O) groups is 3. The van der Waals surface area contributed by atoms with Crippen LogP contribution < -0.4 is 0 Å². The molecule has 3 N–H and O–H groups in total. The highest BCUT2D eigenvalue weighted by Crippen LogP contribution is 2.35. The van der Waals surface area contributed by atoms with Crippen molar-refractivity contribution >= 4 is 17.5 Å². The molecule has 0 heterocycles. The van der Waals surface area contributed by atoms with Gasteiger partial charge >= 0.3 is 5.97 Å². The predicted molar refractivity (Wildman–Crippen MR) is 84.0 cm³/mol. The largest absolute Gasteiger partial charge is 0.480 e. The van der Waals surface area contributed by atoms with Gasteiger partial charge in [-0.1, -0.05) is 18.2 Å². The number of carboxylic acids is 1. The molecule has 0 amide bonds. The fourth-order valence-corrected chi connectivity index (χ4v) is 3.11. The zero-order valence-corrected chi connectivity index (χ0v) is 12.8. The van der Waals surface area contributed by atoms with E-state index in [2.05, 4.69) is 0 Å².